The second-order valence-electron chi connectivity index (χ2n) is 24.5. The molecule has 0 radical (unpaired) electrons. The average molecular weight is 1380 g/mol. The lowest BCUT2D eigenvalue weighted by molar-refractivity contribution is -0.144. The number of esters is 9. The molecule has 20 heteroatoms. The van der Waals surface area contributed by atoms with E-state index in [1.165, 1.54) is 72.7 Å². The van der Waals surface area contributed by atoms with E-state index in [1.54, 1.807) is 56.3 Å². The van der Waals surface area contributed by atoms with E-state index >= 15 is 8.78 Å². The Morgan fingerprint density at radius 2 is 0.644 bits per heavy atom. The fourth-order valence-electron chi connectivity index (χ4n) is 10.5. The minimum Gasteiger partial charge on any atom is -0.454 e. The Morgan fingerprint density at radius 1 is 0.307 bits per heavy atom. The number of ether oxygens (including phenoxy) is 9. The van der Waals surface area contributed by atoms with Gasteiger partial charge in [0.15, 0.2) is 23.0 Å². The molecule has 0 aliphatic heterocycles. The third kappa shape index (κ3) is 18.8. The van der Waals surface area contributed by atoms with Crippen molar-refractivity contribution < 1.29 is 94.6 Å². The van der Waals surface area contributed by atoms with Crippen LogP contribution in [0.25, 0.3) is 33.4 Å². The number of halogens is 2. The predicted octanol–water partition coefficient (Wildman–Crippen LogP) is 16.3. The summed E-state index contributed by atoms with van der Waals surface area (Å²) >= 11 is 0. The van der Waals surface area contributed by atoms with E-state index in [4.69, 9.17) is 42.6 Å². The van der Waals surface area contributed by atoms with Crippen molar-refractivity contribution in [3.8, 4) is 79.4 Å². The van der Waals surface area contributed by atoms with Crippen LogP contribution < -0.4 is 37.9 Å². The van der Waals surface area contributed by atoms with Crippen molar-refractivity contribution in [3.63, 3.8) is 0 Å². The third-order valence-corrected chi connectivity index (χ3v) is 15.6. The van der Waals surface area contributed by atoms with Gasteiger partial charge < -0.3 is 42.6 Å². The van der Waals surface area contributed by atoms with Crippen LogP contribution in [0.15, 0.2) is 194 Å². The average Bonchev–Trinajstić information content (AvgIpc) is 1.72. The summed E-state index contributed by atoms with van der Waals surface area (Å²) in [5.41, 5.74) is 9.94. The lowest BCUT2D eigenvalue weighted by atomic mass is 9.95. The smallest absolute Gasteiger partial charge is 0.338 e. The van der Waals surface area contributed by atoms with Crippen molar-refractivity contribution in [2.24, 2.45) is 0 Å². The fraction of sp³-hybridized carbons (Fsp3) is 0.222. The van der Waals surface area contributed by atoms with Crippen LogP contribution in [-0.2, 0) is 80.0 Å². The number of hydrogen-bond donors (Lipinski definition) is 0. The normalized spacial score (nSPS) is 12.6. The first-order valence-electron chi connectivity index (χ1n) is 31.7. The minimum absolute atomic E-state index is 0.0474. The van der Waals surface area contributed by atoms with Gasteiger partial charge in [-0.2, -0.15) is 0 Å². The maximum absolute atomic E-state index is 15.3. The number of rotatable bonds is 21. The van der Waals surface area contributed by atoms with E-state index in [-0.39, 0.29) is 90.2 Å². The SMILES string of the molecule is C=C(C)C(=O)Oc1cc(F)c(-c2ccc(OC(=O)C(=C)C)c3c2CCC3)cc1OC(=O)C(=C)C.C=C(C)C(=O)Oc1ccc(-c2ccc(OC(=O)C(=C)C)c3c2CCC3)cc1OC(=O)C(=C)C.C=C(C)C(=O)Oc1ccc(-c2ccc(OC(=O)C(=C)C)c3c2CCC3OC(=O)C(=C)C)c(F)c1. The summed E-state index contributed by atoms with van der Waals surface area (Å²) in [6.45, 7) is 45.8. The Bertz CT molecular complexity index is 4610. The highest BCUT2D eigenvalue weighted by atomic mass is 19.1. The summed E-state index contributed by atoms with van der Waals surface area (Å²) in [5.74, 6) is -5.93. The molecule has 1 atom stereocenters. The molecular formula is C81H76F2O18. The maximum Gasteiger partial charge on any atom is 0.338 e. The molecule has 0 spiro atoms. The van der Waals surface area contributed by atoms with E-state index in [9.17, 15) is 43.2 Å². The lowest BCUT2D eigenvalue weighted by Crippen LogP contribution is -2.14. The van der Waals surface area contributed by atoms with E-state index in [0.29, 0.717) is 65.0 Å². The quantitative estimate of drug-likeness (QED) is 0.0370. The zero-order valence-electron chi connectivity index (χ0n) is 57.8. The van der Waals surface area contributed by atoms with Crippen molar-refractivity contribution in [1.29, 1.82) is 0 Å². The maximum atomic E-state index is 15.3. The van der Waals surface area contributed by atoms with Gasteiger partial charge in [0, 0.05) is 79.0 Å². The molecule has 9 rings (SSSR count). The first-order valence-corrected chi connectivity index (χ1v) is 31.7. The van der Waals surface area contributed by atoms with Gasteiger partial charge in [-0.15, -0.1) is 0 Å². The standard InChI is InChI=1S/2C27H25FO6.C27H26O6/c1-14(2)25(29)32-17-7-8-19(21(28)13-17)18-9-11-22(33-26(30)15(3)4)24-20(18)10-12-23(24)34-27(31)16(5)6;1-14(2)25(29)32-22-11-10-18(17-8-7-9-19(17)22)20-12-23(33-26(30)15(3)4)24(13-21(20)28)34-27(31)16(5)6;1-15(2)25(28)31-22-13-11-19(20-8-7-9-21(20)22)18-10-12-23(32-26(29)16(3)4)24(14-18)33-27(30)17(5)6/h7-9,11,13,23H,1,3,5,10,12H2,2,4,6H3;10-13H,1,3,5,7-9H2,2,4,6H3;10-14H,1,3,5,7-9H2,2,4,6H3. The molecule has 3 aliphatic rings. The molecule has 6 aromatic rings. The zero-order chi connectivity index (χ0) is 74.6. The van der Waals surface area contributed by atoms with Crippen LogP contribution in [0.3, 0.4) is 0 Å². The molecule has 101 heavy (non-hydrogen) atoms. The molecule has 6 aromatic carbocycles. The molecule has 0 saturated heterocycles. The molecular weight excluding hydrogens is 1300 g/mol. The molecule has 0 amide bonds. The zero-order valence-corrected chi connectivity index (χ0v) is 57.8. The van der Waals surface area contributed by atoms with Crippen molar-refractivity contribution >= 4 is 53.7 Å². The Hall–Kier alpha value is -11.9. The molecule has 0 heterocycles. The number of carbonyl (C=O) groups is 9. The molecule has 0 bridgehead atoms. The van der Waals surface area contributed by atoms with Crippen LogP contribution in [0.4, 0.5) is 8.78 Å². The van der Waals surface area contributed by atoms with E-state index in [0.717, 1.165) is 71.2 Å². The van der Waals surface area contributed by atoms with Crippen molar-refractivity contribution in [3.05, 3.63) is 239 Å². The number of carbonyl (C=O) groups excluding carboxylic acids is 9. The van der Waals surface area contributed by atoms with Crippen LogP contribution in [-0.4, -0.2) is 53.7 Å². The van der Waals surface area contributed by atoms with Gasteiger partial charge in [0.25, 0.3) is 0 Å². The first-order chi connectivity index (χ1) is 47.6. The summed E-state index contributed by atoms with van der Waals surface area (Å²) in [4.78, 5) is 109. The minimum atomic E-state index is -0.788. The first kappa shape index (κ1) is 76.4. The molecule has 0 aromatic heterocycles. The van der Waals surface area contributed by atoms with Crippen LogP contribution in [0.2, 0.25) is 0 Å². The predicted molar refractivity (Wildman–Crippen MR) is 375 cm³/mol. The Labute approximate surface area is 584 Å². The third-order valence-electron chi connectivity index (χ3n) is 15.6. The Kier molecular flexibility index (Phi) is 25.0. The molecule has 0 fully saturated rings. The number of benzene rings is 6. The molecule has 3 aliphatic carbocycles. The summed E-state index contributed by atoms with van der Waals surface area (Å²) < 4.78 is 78.8. The van der Waals surface area contributed by atoms with Crippen molar-refractivity contribution in [2.75, 3.05) is 0 Å². The van der Waals surface area contributed by atoms with Crippen molar-refractivity contribution in [2.45, 2.75) is 120 Å². The molecule has 0 N–H and O–H groups in total. The van der Waals surface area contributed by atoms with Gasteiger partial charge in [-0.25, -0.2) is 51.9 Å². The second-order valence-corrected chi connectivity index (χ2v) is 24.5. The fourth-order valence-corrected chi connectivity index (χ4v) is 10.5. The molecule has 0 saturated carbocycles. The number of hydrogen-bond acceptors (Lipinski definition) is 18. The van der Waals surface area contributed by atoms with Crippen molar-refractivity contribution in [1.82, 2.24) is 0 Å². The van der Waals surface area contributed by atoms with Crippen LogP contribution in [0, 0.1) is 11.6 Å². The highest BCUT2D eigenvalue weighted by Crippen LogP contribution is 2.48. The van der Waals surface area contributed by atoms with Gasteiger partial charge >= 0.3 is 53.7 Å². The topological polar surface area (TPSA) is 237 Å². The summed E-state index contributed by atoms with van der Waals surface area (Å²) in [7, 11) is 0. The van der Waals surface area contributed by atoms with Crippen LogP contribution in [0.1, 0.15) is 121 Å². The Balaban J connectivity index is 0.000000213. The summed E-state index contributed by atoms with van der Waals surface area (Å²) in [5, 5.41) is 0. The molecule has 1 unspecified atom stereocenters. The van der Waals surface area contributed by atoms with Crippen LogP contribution >= 0.6 is 0 Å². The largest absolute Gasteiger partial charge is 0.454 e. The highest BCUT2D eigenvalue weighted by Gasteiger charge is 2.34. The van der Waals surface area contributed by atoms with E-state index < -0.39 is 71.5 Å². The van der Waals surface area contributed by atoms with Gasteiger partial charge in [0.2, 0.25) is 0 Å². The summed E-state index contributed by atoms with van der Waals surface area (Å²) in [6.07, 6.45) is 4.84. The second kappa shape index (κ2) is 33.1. The lowest BCUT2D eigenvalue weighted by Gasteiger charge is -2.19. The van der Waals surface area contributed by atoms with E-state index in [2.05, 4.69) is 59.2 Å². The summed E-state index contributed by atoms with van der Waals surface area (Å²) in [6, 6.07) is 21.5. The molecule has 18 nitrogen and oxygen atoms in total. The van der Waals surface area contributed by atoms with Gasteiger partial charge in [0.1, 0.15) is 40.7 Å². The van der Waals surface area contributed by atoms with Crippen LogP contribution in [0.5, 0.6) is 46.0 Å². The monoisotopic (exact) mass is 1370 g/mol. The van der Waals surface area contributed by atoms with Gasteiger partial charge in [-0.05, 0) is 212 Å². The highest BCUT2D eigenvalue weighted by molar-refractivity contribution is 5.95. The number of fused-ring (bicyclic) bond motifs is 3. The Morgan fingerprint density at radius 3 is 1.10 bits per heavy atom. The molecule has 522 valence electrons. The van der Waals surface area contributed by atoms with Gasteiger partial charge in [-0.3, -0.25) is 0 Å². The van der Waals surface area contributed by atoms with E-state index in [1.807, 2.05) is 6.07 Å². The van der Waals surface area contributed by atoms with Gasteiger partial charge in [0.05, 0.1) is 0 Å². The van der Waals surface area contributed by atoms with Gasteiger partial charge in [-0.1, -0.05) is 83.5 Å².